The van der Waals surface area contributed by atoms with Gasteiger partial charge in [0.05, 0.1) is 23.6 Å². The predicted octanol–water partition coefficient (Wildman–Crippen LogP) is 3.30. The molecule has 0 bridgehead atoms. The van der Waals surface area contributed by atoms with E-state index in [-0.39, 0.29) is 5.92 Å². The van der Waals surface area contributed by atoms with Gasteiger partial charge in [0.1, 0.15) is 0 Å². The molecule has 0 saturated heterocycles. The summed E-state index contributed by atoms with van der Waals surface area (Å²) in [7, 11) is 1.95. The third kappa shape index (κ3) is 3.16. The molecule has 0 amide bonds. The van der Waals surface area contributed by atoms with Gasteiger partial charge in [0.25, 0.3) is 0 Å². The summed E-state index contributed by atoms with van der Waals surface area (Å²) in [6, 6.07) is 21.6. The summed E-state index contributed by atoms with van der Waals surface area (Å²) in [5, 5.41) is 18.1. The van der Waals surface area contributed by atoms with Crippen LogP contribution in [0, 0.1) is 22.7 Å². The van der Waals surface area contributed by atoms with Crippen LogP contribution in [0.1, 0.15) is 17.0 Å². The van der Waals surface area contributed by atoms with Crippen LogP contribution in [0.5, 0.6) is 0 Å². The zero-order valence-corrected chi connectivity index (χ0v) is 11.3. The van der Waals surface area contributed by atoms with E-state index in [1.165, 1.54) is 0 Å². The Morgan fingerprint density at radius 2 is 1.65 bits per heavy atom. The summed E-state index contributed by atoms with van der Waals surface area (Å²) in [5.74, 6) is -0.170. The van der Waals surface area contributed by atoms with Crippen LogP contribution >= 0.6 is 0 Å². The molecule has 2 aromatic rings. The highest BCUT2D eigenvalue weighted by molar-refractivity contribution is 5.49. The lowest BCUT2D eigenvalue weighted by molar-refractivity contribution is 0.803. The quantitative estimate of drug-likeness (QED) is 0.848. The van der Waals surface area contributed by atoms with E-state index in [1.54, 1.807) is 12.1 Å². The van der Waals surface area contributed by atoms with Crippen molar-refractivity contribution in [3.05, 3.63) is 65.7 Å². The van der Waals surface area contributed by atoms with Crippen molar-refractivity contribution in [2.45, 2.75) is 5.92 Å². The van der Waals surface area contributed by atoms with E-state index < -0.39 is 0 Å². The van der Waals surface area contributed by atoms with Crippen LogP contribution in [0.15, 0.2) is 54.6 Å². The molecule has 98 valence electrons. The Balaban J connectivity index is 2.11. The minimum Gasteiger partial charge on any atom is -0.373 e. The van der Waals surface area contributed by atoms with Crippen molar-refractivity contribution in [1.29, 1.82) is 10.5 Å². The number of rotatable bonds is 4. The molecule has 0 aliphatic rings. The highest BCUT2D eigenvalue weighted by Crippen LogP contribution is 2.20. The van der Waals surface area contributed by atoms with E-state index in [0.29, 0.717) is 12.1 Å². The molecule has 1 unspecified atom stereocenters. The minimum atomic E-state index is -0.170. The van der Waals surface area contributed by atoms with Gasteiger partial charge in [0.2, 0.25) is 0 Å². The van der Waals surface area contributed by atoms with Gasteiger partial charge in [-0.05, 0) is 29.8 Å². The Morgan fingerprint density at radius 3 is 2.20 bits per heavy atom. The first-order valence-electron chi connectivity index (χ1n) is 6.40. The molecule has 3 nitrogen and oxygen atoms in total. The van der Waals surface area contributed by atoms with Crippen molar-refractivity contribution in [2.24, 2.45) is 0 Å². The third-order valence-electron chi connectivity index (χ3n) is 3.25. The van der Waals surface area contributed by atoms with Gasteiger partial charge in [-0.2, -0.15) is 10.5 Å². The van der Waals surface area contributed by atoms with Gasteiger partial charge in [0.15, 0.2) is 0 Å². The van der Waals surface area contributed by atoms with E-state index in [9.17, 15) is 5.26 Å². The van der Waals surface area contributed by atoms with Gasteiger partial charge in [-0.15, -0.1) is 0 Å². The van der Waals surface area contributed by atoms with Gasteiger partial charge < -0.3 is 4.90 Å². The van der Waals surface area contributed by atoms with Gasteiger partial charge in [-0.3, -0.25) is 0 Å². The van der Waals surface area contributed by atoms with Gasteiger partial charge in [-0.1, -0.05) is 30.3 Å². The molecule has 0 fully saturated rings. The molecule has 0 aliphatic heterocycles. The summed E-state index contributed by atoms with van der Waals surface area (Å²) in [6.45, 7) is 0.617. The number of nitriles is 2. The van der Waals surface area contributed by atoms with Crippen LogP contribution in [0.2, 0.25) is 0 Å². The number of anilines is 1. The van der Waals surface area contributed by atoms with E-state index in [0.717, 1.165) is 11.3 Å². The van der Waals surface area contributed by atoms with E-state index in [2.05, 4.69) is 12.1 Å². The summed E-state index contributed by atoms with van der Waals surface area (Å²) in [4.78, 5) is 2.03. The maximum atomic E-state index is 9.34. The Hall–Kier alpha value is -2.78. The Morgan fingerprint density at radius 1 is 1.00 bits per heavy atom. The molecular formula is C17H15N3. The Kier molecular flexibility index (Phi) is 4.37. The smallest absolute Gasteiger partial charge is 0.0991 e. The summed E-state index contributed by atoms with van der Waals surface area (Å²) < 4.78 is 0. The molecule has 0 heterocycles. The highest BCUT2D eigenvalue weighted by Gasteiger charge is 2.13. The average Bonchev–Trinajstić information content (AvgIpc) is 2.53. The van der Waals surface area contributed by atoms with Crippen molar-refractivity contribution in [2.75, 3.05) is 18.5 Å². The van der Waals surface area contributed by atoms with E-state index in [1.807, 2.05) is 54.4 Å². The molecule has 2 aromatic carbocycles. The maximum Gasteiger partial charge on any atom is 0.0991 e. The second-order valence-corrected chi connectivity index (χ2v) is 4.63. The fourth-order valence-electron chi connectivity index (χ4n) is 2.08. The number of likely N-dealkylation sites (N-methyl/N-ethyl adjacent to an activating group) is 1. The maximum absolute atomic E-state index is 9.34. The SMILES string of the molecule is CN(CC(C#N)c1ccccc1)c1ccc(C#N)cc1. The van der Waals surface area contributed by atoms with Gasteiger partial charge in [-0.25, -0.2) is 0 Å². The highest BCUT2D eigenvalue weighted by atomic mass is 15.1. The van der Waals surface area contributed by atoms with E-state index >= 15 is 0 Å². The number of benzene rings is 2. The summed E-state index contributed by atoms with van der Waals surface area (Å²) in [5.41, 5.74) is 2.66. The molecule has 0 N–H and O–H groups in total. The fourth-order valence-corrected chi connectivity index (χ4v) is 2.08. The topological polar surface area (TPSA) is 50.8 Å². The van der Waals surface area contributed by atoms with Crippen LogP contribution in [0.3, 0.4) is 0 Å². The third-order valence-corrected chi connectivity index (χ3v) is 3.25. The van der Waals surface area contributed by atoms with Crippen LogP contribution in [-0.4, -0.2) is 13.6 Å². The van der Waals surface area contributed by atoms with Gasteiger partial charge in [0, 0.05) is 19.3 Å². The lowest BCUT2D eigenvalue weighted by Crippen LogP contribution is -2.23. The molecule has 0 radical (unpaired) electrons. The van der Waals surface area contributed by atoms with Crippen LogP contribution in [0.4, 0.5) is 5.69 Å². The number of hydrogen-bond donors (Lipinski definition) is 0. The number of nitrogens with zero attached hydrogens (tertiary/aromatic N) is 3. The molecular weight excluding hydrogens is 246 g/mol. The second-order valence-electron chi connectivity index (χ2n) is 4.63. The van der Waals surface area contributed by atoms with Gasteiger partial charge >= 0.3 is 0 Å². The fraction of sp³-hybridized carbons (Fsp3) is 0.176. The van der Waals surface area contributed by atoms with Crippen molar-refractivity contribution >= 4 is 5.69 Å². The van der Waals surface area contributed by atoms with Crippen LogP contribution in [-0.2, 0) is 0 Å². The first-order chi connectivity index (χ1) is 9.74. The zero-order valence-electron chi connectivity index (χ0n) is 11.3. The second kappa shape index (κ2) is 6.41. The molecule has 3 heteroatoms. The predicted molar refractivity (Wildman–Crippen MR) is 79.2 cm³/mol. The Labute approximate surface area is 119 Å². The first-order valence-corrected chi connectivity index (χ1v) is 6.40. The zero-order chi connectivity index (χ0) is 14.4. The molecule has 20 heavy (non-hydrogen) atoms. The summed E-state index contributed by atoms with van der Waals surface area (Å²) in [6.07, 6.45) is 0. The molecule has 0 spiro atoms. The minimum absolute atomic E-state index is 0.170. The summed E-state index contributed by atoms with van der Waals surface area (Å²) >= 11 is 0. The average molecular weight is 261 g/mol. The van der Waals surface area contributed by atoms with E-state index in [4.69, 9.17) is 5.26 Å². The molecule has 0 aliphatic carbocycles. The number of hydrogen-bond acceptors (Lipinski definition) is 3. The van der Waals surface area contributed by atoms with Crippen molar-refractivity contribution in [3.63, 3.8) is 0 Å². The first kappa shape index (κ1) is 13.6. The molecule has 1 atom stereocenters. The lowest BCUT2D eigenvalue weighted by atomic mass is 10.00. The largest absolute Gasteiger partial charge is 0.373 e. The normalized spacial score (nSPS) is 11.2. The van der Waals surface area contributed by atoms with Crippen LogP contribution in [0.25, 0.3) is 0 Å². The molecule has 2 rings (SSSR count). The van der Waals surface area contributed by atoms with Crippen LogP contribution < -0.4 is 4.90 Å². The lowest BCUT2D eigenvalue weighted by Gasteiger charge is -2.22. The van der Waals surface area contributed by atoms with Crippen molar-refractivity contribution in [3.8, 4) is 12.1 Å². The molecule has 0 aromatic heterocycles. The van der Waals surface area contributed by atoms with Crippen molar-refractivity contribution in [1.82, 2.24) is 0 Å². The molecule has 0 saturated carbocycles. The standard InChI is InChI=1S/C17H15N3/c1-20(17-9-7-14(11-18)8-10-17)13-16(12-19)15-5-3-2-4-6-15/h2-10,16H,13H2,1H3. The monoisotopic (exact) mass is 261 g/mol. The Bertz CT molecular complexity index is 633. The van der Waals surface area contributed by atoms with Crippen molar-refractivity contribution < 1.29 is 0 Å².